The largest absolute Gasteiger partial charge is 0.396 e. The summed E-state index contributed by atoms with van der Waals surface area (Å²) in [5.41, 5.74) is 0. The Morgan fingerprint density at radius 1 is 0.640 bits per heavy atom. The molecule has 0 aromatic heterocycles. The van der Waals surface area contributed by atoms with Crippen LogP contribution in [-0.2, 0) is 9.47 Å². The number of ether oxygens (including phenoxy) is 2. The Bertz CT molecular complexity index is 260. The zero-order valence-corrected chi connectivity index (χ0v) is 17.0. The van der Waals surface area contributed by atoms with Crippen molar-refractivity contribution in [2.45, 2.75) is 110 Å². The predicted molar refractivity (Wildman–Crippen MR) is 108 cm³/mol. The Kier molecular flexibility index (Phi) is 21.3. The lowest BCUT2D eigenvalue weighted by Crippen LogP contribution is -2.17. The second kappa shape index (κ2) is 21.7. The molecule has 0 aliphatic rings. The molecule has 0 aromatic carbocycles. The SMILES string of the molecule is CCOC(CCCCCCC/C=C\CCCCCCCCO)OCC. The molecular weight excluding hydrogens is 312 g/mol. The fourth-order valence-electron chi connectivity index (χ4n) is 3.01. The van der Waals surface area contributed by atoms with Crippen LogP contribution >= 0.6 is 0 Å². The number of hydrogen-bond acceptors (Lipinski definition) is 3. The molecule has 0 atom stereocenters. The monoisotopic (exact) mass is 356 g/mol. The van der Waals surface area contributed by atoms with E-state index in [1.165, 1.54) is 77.0 Å². The van der Waals surface area contributed by atoms with E-state index in [9.17, 15) is 0 Å². The molecule has 150 valence electrons. The molecule has 0 heterocycles. The van der Waals surface area contributed by atoms with E-state index < -0.39 is 0 Å². The molecule has 0 aromatic rings. The van der Waals surface area contributed by atoms with Crippen molar-refractivity contribution in [1.29, 1.82) is 0 Å². The van der Waals surface area contributed by atoms with Crippen LogP contribution in [0.4, 0.5) is 0 Å². The molecule has 3 nitrogen and oxygen atoms in total. The van der Waals surface area contributed by atoms with Crippen LogP contribution in [0, 0.1) is 0 Å². The summed E-state index contributed by atoms with van der Waals surface area (Å²) in [5.74, 6) is 0. The van der Waals surface area contributed by atoms with Gasteiger partial charge in [-0.25, -0.2) is 0 Å². The van der Waals surface area contributed by atoms with Crippen LogP contribution in [0.1, 0.15) is 104 Å². The first kappa shape index (κ1) is 24.6. The molecule has 0 rings (SSSR count). The average Bonchev–Trinajstić information content (AvgIpc) is 2.61. The molecular formula is C22H44O3. The van der Waals surface area contributed by atoms with E-state index in [1.54, 1.807) is 0 Å². The molecule has 3 heteroatoms. The summed E-state index contributed by atoms with van der Waals surface area (Å²) in [5, 5.41) is 8.71. The summed E-state index contributed by atoms with van der Waals surface area (Å²) in [6.07, 6.45) is 22.1. The lowest BCUT2D eigenvalue weighted by Gasteiger charge is -2.16. The molecule has 0 spiro atoms. The smallest absolute Gasteiger partial charge is 0.157 e. The zero-order chi connectivity index (χ0) is 18.4. The normalized spacial score (nSPS) is 11.8. The highest BCUT2D eigenvalue weighted by molar-refractivity contribution is 4.81. The van der Waals surface area contributed by atoms with Crippen LogP contribution in [0.25, 0.3) is 0 Å². The number of aliphatic hydroxyl groups excluding tert-OH is 1. The highest BCUT2D eigenvalue weighted by atomic mass is 16.7. The van der Waals surface area contributed by atoms with E-state index in [4.69, 9.17) is 14.6 Å². The molecule has 0 amide bonds. The molecule has 1 N–H and O–H groups in total. The Morgan fingerprint density at radius 2 is 1.08 bits per heavy atom. The lowest BCUT2D eigenvalue weighted by molar-refractivity contribution is -0.140. The fraction of sp³-hybridized carbons (Fsp3) is 0.909. The van der Waals surface area contributed by atoms with Gasteiger partial charge in [0.05, 0.1) is 0 Å². The Hall–Kier alpha value is -0.380. The van der Waals surface area contributed by atoms with Gasteiger partial charge < -0.3 is 14.6 Å². The highest BCUT2D eigenvalue weighted by Crippen LogP contribution is 2.12. The highest BCUT2D eigenvalue weighted by Gasteiger charge is 2.06. The van der Waals surface area contributed by atoms with E-state index in [-0.39, 0.29) is 6.29 Å². The van der Waals surface area contributed by atoms with Gasteiger partial charge in [-0.1, -0.05) is 57.1 Å². The number of aliphatic hydroxyl groups is 1. The zero-order valence-electron chi connectivity index (χ0n) is 17.0. The lowest BCUT2D eigenvalue weighted by atomic mass is 10.1. The summed E-state index contributed by atoms with van der Waals surface area (Å²) in [7, 11) is 0. The van der Waals surface area contributed by atoms with Crippen LogP contribution < -0.4 is 0 Å². The van der Waals surface area contributed by atoms with E-state index in [0.29, 0.717) is 6.61 Å². The minimum absolute atomic E-state index is 0.00705. The summed E-state index contributed by atoms with van der Waals surface area (Å²) in [4.78, 5) is 0. The van der Waals surface area contributed by atoms with Crippen LogP contribution in [0.5, 0.6) is 0 Å². The Labute approximate surface area is 157 Å². The maximum atomic E-state index is 8.71. The van der Waals surface area contributed by atoms with Crippen LogP contribution in [0.15, 0.2) is 12.2 Å². The van der Waals surface area contributed by atoms with Crippen molar-refractivity contribution in [3.05, 3.63) is 12.2 Å². The van der Waals surface area contributed by atoms with Crippen LogP contribution in [0.3, 0.4) is 0 Å². The quantitative estimate of drug-likeness (QED) is 0.156. The van der Waals surface area contributed by atoms with E-state index in [0.717, 1.165) is 26.1 Å². The van der Waals surface area contributed by atoms with Crippen molar-refractivity contribution >= 4 is 0 Å². The maximum Gasteiger partial charge on any atom is 0.157 e. The van der Waals surface area contributed by atoms with Crippen LogP contribution in [-0.4, -0.2) is 31.2 Å². The average molecular weight is 357 g/mol. The number of allylic oxidation sites excluding steroid dienone is 2. The Morgan fingerprint density at radius 3 is 1.56 bits per heavy atom. The summed E-state index contributed by atoms with van der Waals surface area (Å²) in [6.45, 7) is 5.88. The molecule has 0 aliphatic carbocycles. The van der Waals surface area contributed by atoms with Gasteiger partial charge in [0.25, 0.3) is 0 Å². The minimum Gasteiger partial charge on any atom is -0.396 e. The second-order valence-electron chi connectivity index (χ2n) is 6.79. The van der Waals surface area contributed by atoms with Gasteiger partial charge >= 0.3 is 0 Å². The molecule has 0 radical (unpaired) electrons. The molecule has 0 saturated carbocycles. The third-order valence-corrected chi connectivity index (χ3v) is 4.46. The van der Waals surface area contributed by atoms with Crippen molar-refractivity contribution in [3.8, 4) is 0 Å². The van der Waals surface area contributed by atoms with Crippen molar-refractivity contribution in [2.24, 2.45) is 0 Å². The Balaban J connectivity index is 3.24. The first-order valence-corrected chi connectivity index (χ1v) is 10.8. The topological polar surface area (TPSA) is 38.7 Å². The molecule has 0 aliphatic heterocycles. The fourth-order valence-corrected chi connectivity index (χ4v) is 3.01. The first-order chi connectivity index (χ1) is 12.3. The summed E-state index contributed by atoms with van der Waals surface area (Å²) >= 11 is 0. The number of unbranched alkanes of at least 4 members (excludes halogenated alkanes) is 11. The van der Waals surface area contributed by atoms with Gasteiger partial charge in [-0.05, 0) is 58.8 Å². The van der Waals surface area contributed by atoms with Gasteiger partial charge in [0.15, 0.2) is 6.29 Å². The number of rotatable bonds is 20. The summed E-state index contributed by atoms with van der Waals surface area (Å²) in [6, 6.07) is 0. The van der Waals surface area contributed by atoms with Gasteiger partial charge in [-0.2, -0.15) is 0 Å². The van der Waals surface area contributed by atoms with E-state index in [2.05, 4.69) is 12.2 Å². The molecule has 0 bridgehead atoms. The van der Waals surface area contributed by atoms with Gasteiger partial charge in [0.2, 0.25) is 0 Å². The van der Waals surface area contributed by atoms with Gasteiger partial charge in [-0.15, -0.1) is 0 Å². The van der Waals surface area contributed by atoms with E-state index >= 15 is 0 Å². The van der Waals surface area contributed by atoms with Crippen molar-refractivity contribution in [1.82, 2.24) is 0 Å². The van der Waals surface area contributed by atoms with Gasteiger partial charge in [0, 0.05) is 19.8 Å². The van der Waals surface area contributed by atoms with Gasteiger partial charge in [-0.3, -0.25) is 0 Å². The maximum absolute atomic E-state index is 8.71. The molecule has 0 unspecified atom stereocenters. The van der Waals surface area contributed by atoms with Crippen molar-refractivity contribution < 1.29 is 14.6 Å². The third-order valence-electron chi connectivity index (χ3n) is 4.46. The van der Waals surface area contributed by atoms with Crippen LogP contribution in [0.2, 0.25) is 0 Å². The first-order valence-electron chi connectivity index (χ1n) is 10.8. The third kappa shape index (κ3) is 19.8. The summed E-state index contributed by atoms with van der Waals surface area (Å²) < 4.78 is 11.1. The van der Waals surface area contributed by atoms with Gasteiger partial charge in [0.1, 0.15) is 0 Å². The molecule has 0 fully saturated rings. The predicted octanol–water partition coefficient (Wildman–Crippen LogP) is 6.40. The van der Waals surface area contributed by atoms with Crippen molar-refractivity contribution in [2.75, 3.05) is 19.8 Å². The molecule has 25 heavy (non-hydrogen) atoms. The minimum atomic E-state index is 0.00705. The van der Waals surface area contributed by atoms with E-state index in [1.807, 2.05) is 13.8 Å². The second-order valence-corrected chi connectivity index (χ2v) is 6.79. The standard InChI is InChI=1S/C22H44O3/c1-3-24-22(25-4-2)20-18-16-14-12-10-8-6-5-7-9-11-13-15-17-19-21-23/h5-6,22-23H,3-4,7-21H2,1-2H3/b6-5-. The molecule has 0 saturated heterocycles. The van der Waals surface area contributed by atoms with Crippen molar-refractivity contribution in [3.63, 3.8) is 0 Å². The number of hydrogen-bond donors (Lipinski definition) is 1.